The number of rotatable bonds is 4. The number of nitrogens with zero attached hydrogens (tertiary/aromatic N) is 3. The zero-order valence-electron chi connectivity index (χ0n) is 9.71. The maximum Gasteiger partial charge on any atom is 0.253 e. The Labute approximate surface area is 98.7 Å². The van der Waals surface area contributed by atoms with E-state index in [0.717, 1.165) is 0 Å². The average molecular weight is 237 g/mol. The molecule has 0 spiro atoms. The van der Waals surface area contributed by atoms with Gasteiger partial charge in [-0.3, -0.25) is 4.79 Å². The van der Waals surface area contributed by atoms with Gasteiger partial charge in [-0.15, -0.1) is 0 Å². The van der Waals surface area contributed by atoms with Crippen LogP contribution in [0.15, 0.2) is 23.6 Å². The molecule has 0 radical (unpaired) electrons. The summed E-state index contributed by atoms with van der Waals surface area (Å²) >= 11 is 0. The van der Waals surface area contributed by atoms with Gasteiger partial charge >= 0.3 is 0 Å². The molecule has 17 heavy (non-hydrogen) atoms. The molecule has 0 fully saturated rings. The van der Waals surface area contributed by atoms with Crippen molar-refractivity contribution in [2.45, 2.75) is 25.8 Å². The summed E-state index contributed by atoms with van der Waals surface area (Å²) < 4.78 is 0. The lowest BCUT2D eigenvalue weighted by Crippen LogP contribution is -2.55. The number of nitrogens with one attached hydrogen (secondary N) is 1. The Kier molecular flexibility index (Phi) is 3.97. The van der Waals surface area contributed by atoms with Crippen molar-refractivity contribution in [1.29, 1.82) is 0 Å². The van der Waals surface area contributed by atoms with E-state index in [9.17, 15) is 4.79 Å². The van der Waals surface area contributed by atoms with E-state index < -0.39 is 5.54 Å². The lowest BCUT2D eigenvalue weighted by atomic mass is 9.97. The number of oxime groups is 1. The van der Waals surface area contributed by atoms with Crippen molar-refractivity contribution in [3.05, 3.63) is 24.0 Å². The second kappa shape index (κ2) is 5.24. The Bertz CT molecular complexity index is 420. The Morgan fingerprint density at radius 2 is 2.35 bits per heavy atom. The predicted molar refractivity (Wildman–Crippen MR) is 61.6 cm³/mol. The topological polar surface area (TPSA) is 113 Å². The predicted octanol–water partition coefficient (Wildman–Crippen LogP) is 0.122. The maximum atomic E-state index is 11.9. The third kappa shape index (κ3) is 2.90. The summed E-state index contributed by atoms with van der Waals surface area (Å²) in [4.78, 5) is 11.9. The standard InChI is InChI=1S/C10H15N5O2/c1-3-10(2,9(11)15-17)14-8(16)7-4-5-12-13-6-7/h4-6,17H,3H2,1-2H3,(H2,11,15)(H,14,16). The van der Waals surface area contributed by atoms with Crippen molar-refractivity contribution < 1.29 is 10.0 Å². The lowest BCUT2D eigenvalue weighted by Gasteiger charge is -2.27. The molecule has 1 aromatic heterocycles. The van der Waals surface area contributed by atoms with Gasteiger partial charge in [0.2, 0.25) is 0 Å². The molecule has 0 saturated carbocycles. The van der Waals surface area contributed by atoms with Gasteiger partial charge in [-0.05, 0) is 19.4 Å². The van der Waals surface area contributed by atoms with E-state index in [1.165, 1.54) is 18.5 Å². The fourth-order valence-electron chi connectivity index (χ4n) is 1.19. The molecule has 0 aromatic carbocycles. The lowest BCUT2D eigenvalue weighted by molar-refractivity contribution is 0.0924. The molecule has 4 N–H and O–H groups in total. The van der Waals surface area contributed by atoms with Gasteiger partial charge in [0.25, 0.3) is 5.91 Å². The van der Waals surface area contributed by atoms with E-state index in [4.69, 9.17) is 10.9 Å². The SMILES string of the molecule is CCC(C)(NC(=O)c1ccnnc1)/C(N)=N/O. The Morgan fingerprint density at radius 1 is 1.65 bits per heavy atom. The normalized spacial score (nSPS) is 15.1. The molecule has 1 unspecified atom stereocenters. The van der Waals surface area contributed by atoms with Crippen LogP contribution in [0.5, 0.6) is 0 Å². The number of hydrogen-bond donors (Lipinski definition) is 3. The zero-order valence-corrected chi connectivity index (χ0v) is 9.71. The van der Waals surface area contributed by atoms with Gasteiger partial charge in [0.15, 0.2) is 5.84 Å². The fraction of sp³-hybridized carbons (Fsp3) is 0.400. The van der Waals surface area contributed by atoms with Crippen LogP contribution >= 0.6 is 0 Å². The summed E-state index contributed by atoms with van der Waals surface area (Å²) in [5, 5.41) is 21.5. The van der Waals surface area contributed by atoms with E-state index >= 15 is 0 Å². The molecule has 7 nitrogen and oxygen atoms in total. The molecule has 1 heterocycles. The summed E-state index contributed by atoms with van der Waals surface area (Å²) in [6, 6.07) is 1.53. The quantitative estimate of drug-likeness (QED) is 0.298. The molecule has 1 amide bonds. The van der Waals surface area contributed by atoms with Crippen molar-refractivity contribution in [3.8, 4) is 0 Å². The van der Waals surface area contributed by atoms with Gasteiger partial charge in [0.05, 0.1) is 23.5 Å². The Hall–Kier alpha value is -2.18. The minimum Gasteiger partial charge on any atom is -0.409 e. The van der Waals surface area contributed by atoms with Gasteiger partial charge in [-0.1, -0.05) is 12.1 Å². The van der Waals surface area contributed by atoms with Gasteiger partial charge in [0.1, 0.15) is 0 Å². The molecule has 0 aliphatic rings. The van der Waals surface area contributed by atoms with E-state index in [-0.39, 0.29) is 11.7 Å². The van der Waals surface area contributed by atoms with Crippen LogP contribution in [-0.2, 0) is 0 Å². The van der Waals surface area contributed by atoms with Crippen LogP contribution in [0.25, 0.3) is 0 Å². The van der Waals surface area contributed by atoms with Crippen LogP contribution in [0.3, 0.4) is 0 Å². The number of amidine groups is 1. The molecule has 1 aromatic rings. The number of nitrogens with two attached hydrogens (primary N) is 1. The molecule has 0 aliphatic heterocycles. The van der Waals surface area contributed by atoms with Crippen LogP contribution < -0.4 is 11.1 Å². The van der Waals surface area contributed by atoms with Gasteiger partial charge in [-0.25, -0.2) is 0 Å². The smallest absolute Gasteiger partial charge is 0.253 e. The molecule has 0 bridgehead atoms. The summed E-state index contributed by atoms with van der Waals surface area (Å²) in [6.07, 6.45) is 3.26. The van der Waals surface area contributed by atoms with Crippen molar-refractivity contribution in [3.63, 3.8) is 0 Å². The van der Waals surface area contributed by atoms with Crippen molar-refractivity contribution >= 4 is 11.7 Å². The molecular formula is C10H15N5O2. The number of amides is 1. The van der Waals surface area contributed by atoms with Gasteiger partial charge in [-0.2, -0.15) is 10.2 Å². The summed E-state index contributed by atoms with van der Waals surface area (Å²) in [5.74, 6) is -0.397. The molecule has 1 rings (SSSR count). The molecule has 92 valence electrons. The first kappa shape index (κ1) is 12.9. The van der Waals surface area contributed by atoms with E-state index in [2.05, 4.69) is 20.7 Å². The summed E-state index contributed by atoms with van der Waals surface area (Å²) in [7, 11) is 0. The maximum absolute atomic E-state index is 11.9. The summed E-state index contributed by atoms with van der Waals surface area (Å²) in [5.41, 5.74) is 5.02. The van der Waals surface area contributed by atoms with Gasteiger partial charge < -0.3 is 16.3 Å². The van der Waals surface area contributed by atoms with Gasteiger partial charge in [0, 0.05) is 0 Å². The van der Waals surface area contributed by atoms with E-state index in [1.54, 1.807) is 6.92 Å². The molecule has 1 atom stereocenters. The number of carbonyl (C=O) groups is 1. The highest BCUT2D eigenvalue weighted by atomic mass is 16.4. The average Bonchev–Trinajstić information content (AvgIpc) is 2.38. The van der Waals surface area contributed by atoms with Crippen LogP contribution in [0, 0.1) is 0 Å². The Balaban J connectivity index is 2.87. The van der Waals surface area contributed by atoms with E-state index in [0.29, 0.717) is 12.0 Å². The van der Waals surface area contributed by atoms with Crippen LogP contribution in [-0.4, -0.2) is 32.7 Å². The molecule has 0 aliphatic carbocycles. The first-order valence-electron chi connectivity index (χ1n) is 5.10. The zero-order chi connectivity index (χ0) is 12.9. The molecule has 7 heteroatoms. The molecular weight excluding hydrogens is 222 g/mol. The first-order valence-corrected chi connectivity index (χ1v) is 5.10. The largest absolute Gasteiger partial charge is 0.409 e. The minimum atomic E-state index is -0.894. The summed E-state index contributed by atoms with van der Waals surface area (Å²) in [6.45, 7) is 3.50. The number of hydrogen-bond acceptors (Lipinski definition) is 5. The molecule has 0 saturated heterocycles. The third-order valence-corrected chi connectivity index (χ3v) is 2.62. The second-order valence-electron chi connectivity index (χ2n) is 3.76. The van der Waals surface area contributed by atoms with Crippen molar-refractivity contribution in [2.75, 3.05) is 0 Å². The minimum absolute atomic E-state index is 0.0460. The monoisotopic (exact) mass is 237 g/mol. The van der Waals surface area contributed by atoms with Crippen molar-refractivity contribution in [1.82, 2.24) is 15.5 Å². The number of aromatic nitrogens is 2. The van der Waals surface area contributed by atoms with Crippen LogP contribution in [0.4, 0.5) is 0 Å². The Morgan fingerprint density at radius 3 is 2.82 bits per heavy atom. The number of carbonyl (C=O) groups excluding carboxylic acids is 1. The highest BCUT2D eigenvalue weighted by Gasteiger charge is 2.29. The highest BCUT2D eigenvalue weighted by Crippen LogP contribution is 2.10. The second-order valence-corrected chi connectivity index (χ2v) is 3.76. The van der Waals surface area contributed by atoms with Crippen molar-refractivity contribution in [2.24, 2.45) is 10.9 Å². The highest BCUT2D eigenvalue weighted by molar-refractivity contribution is 5.99. The van der Waals surface area contributed by atoms with E-state index in [1.807, 2.05) is 6.92 Å². The fourth-order valence-corrected chi connectivity index (χ4v) is 1.19. The first-order chi connectivity index (χ1) is 8.03. The van der Waals surface area contributed by atoms with Crippen LogP contribution in [0.2, 0.25) is 0 Å². The third-order valence-electron chi connectivity index (χ3n) is 2.62. The van der Waals surface area contributed by atoms with Crippen LogP contribution in [0.1, 0.15) is 30.6 Å².